The Kier molecular flexibility index (Phi) is 4.04. The molecule has 0 saturated heterocycles. The van der Waals surface area contributed by atoms with Crippen LogP contribution in [-0.4, -0.2) is 28.6 Å². The second-order valence-electron chi connectivity index (χ2n) is 5.92. The third-order valence-corrected chi connectivity index (χ3v) is 7.67. The van der Waals surface area contributed by atoms with E-state index in [-0.39, 0.29) is 16.9 Å². The predicted octanol–water partition coefficient (Wildman–Crippen LogP) is 3.49. The van der Waals surface area contributed by atoms with E-state index < -0.39 is 15.0 Å². The Hall–Kier alpha value is -2.05. The normalized spacial score (nSPS) is 22.6. The fraction of sp³-hybridized carbons (Fsp3) is 0.294. The molecule has 6 heteroatoms. The van der Waals surface area contributed by atoms with Crippen molar-refractivity contribution in [1.82, 2.24) is 4.31 Å². The zero-order valence-corrected chi connectivity index (χ0v) is 13.9. The number of benzene rings is 2. The van der Waals surface area contributed by atoms with Crippen LogP contribution < -0.4 is 0 Å². The van der Waals surface area contributed by atoms with Crippen LogP contribution in [0.1, 0.15) is 17.9 Å². The summed E-state index contributed by atoms with van der Waals surface area (Å²) in [6, 6.07) is 16.1. The topological polar surface area (TPSA) is 63.5 Å². The molecule has 2 aromatic carbocycles. The van der Waals surface area contributed by atoms with Crippen molar-refractivity contribution in [1.29, 1.82) is 0 Å². The quantitative estimate of drug-likeness (QED) is 0.479. The summed E-state index contributed by atoms with van der Waals surface area (Å²) in [6.07, 6.45) is 0.837. The van der Waals surface area contributed by atoms with Crippen LogP contribution in [-0.2, 0) is 14.3 Å². The molecule has 0 heterocycles. The molecule has 5 nitrogen and oxygen atoms in total. The standard InChI is InChI=1S/C17H19N2O3S/c1-18(2)23(22,15-6-4-3-5-7-15)17-12-16(17)13-8-10-14(11-9-13)19(20)21/h3-11,16-17H,12H2,1-2H3/q+1/t16-,17+,23?/m1/s1. The zero-order chi connectivity index (χ0) is 16.6. The number of non-ortho nitro benzene ring substituents is 1. The smallest absolute Gasteiger partial charge is 0.258 e. The minimum atomic E-state index is -2.31. The number of nitro groups is 1. The first-order valence-electron chi connectivity index (χ1n) is 7.44. The Morgan fingerprint density at radius 1 is 1.09 bits per heavy atom. The monoisotopic (exact) mass is 331 g/mol. The maximum Gasteiger partial charge on any atom is 0.269 e. The summed E-state index contributed by atoms with van der Waals surface area (Å²) in [4.78, 5) is 11.2. The van der Waals surface area contributed by atoms with Crippen molar-refractivity contribution in [3.8, 4) is 0 Å². The second kappa shape index (κ2) is 5.86. The van der Waals surface area contributed by atoms with Crippen LogP contribution in [0.5, 0.6) is 0 Å². The van der Waals surface area contributed by atoms with Crippen LogP contribution in [0.4, 0.5) is 5.69 Å². The van der Waals surface area contributed by atoms with E-state index in [9.17, 15) is 14.3 Å². The third kappa shape index (κ3) is 2.80. The number of nitrogens with zero attached hydrogens (tertiary/aromatic N) is 2. The van der Waals surface area contributed by atoms with Gasteiger partial charge in [0.1, 0.15) is 0 Å². The summed E-state index contributed by atoms with van der Waals surface area (Å²) in [7, 11) is 1.38. The van der Waals surface area contributed by atoms with E-state index in [0.717, 1.165) is 16.9 Å². The van der Waals surface area contributed by atoms with Crippen molar-refractivity contribution in [2.75, 3.05) is 14.1 Å². The van der Waals surface area contributed by atoms with E-state index in [2.05, 4.69) is 0 Å². The minimum absolute atomic E-state index is 0.0429. The van der Waals surface area contributed by atoms with E-state index in [1.807, 2.05) is 48.7 Å². The first kappa shape index (κ1) is 15.8. The molecule has 0 aliphatic heterocycles. The third-order valence-electron chi connectivity index (χ3n) is 4.30. The maximum atomic E-state index is 13.6. The number of hydrogen-bond acceptors (Lipinski definition) is 3. The van der Waals surface area contributed by atoms with Crippen LogP contribution in [0.15, 0.2) is 59.5 Å². The summed E-state index contributed by atoms with van der Waals surface area (Å²) >= 11 is 0. The molecular formula is C17H19N2O3S+. The molecule has 1 saturated carbocycles. The molecule has 0 radical (unpaired) electrons. The highest BCUT2D eigenvalue weighted by molar-refractivity contribution is 8.01. The van der Waals surface area contributed by atoms with Crippen molar-refractivity contribution in [2.24, 2.45) is 0 Å². The molecule has 1 aliphatic rings. The molecule has 2 aromatic rings. The van der Waals surface area contributed by atoms with Gasteiger partial charge in [0.15, 0.2) is 20.3 Å². The van der Waals surface area contributed by atoms with Crippen molar-refractivity contribution in [3.63, 3.8) is 0 Å². The van der Waals surface area contributed by atoms with Gasteiger partial charge in [-0.2, -0.15) is 0 Å². The average Bonchev–Trinajstić information content (AvgIpc) is 3.36. The van der Waals surface area contributed by atoms with Crippen LogP contribution in [0.3, 0.4) is 0 Å². The second-order valence-corrected chi connectivity index (χ2v) is 8.87. The molecule has 1 unspecified atom stereocenters. The molecular weight excluding hydrogens is 312 g/mol. The lowest BCUT2D eigenvalue weighted by Gasteiger charge is -2.18. The highest BCUT2D eigenvalue weighted by Gasteiger charge is 2.59. The largest absolute Gasteiger partial charge is 0.269 e. The number of hydrogen-bond donors (Lipinski definition) is 0. The van der Waals surface area contributed by atoms with E-state index in [4.69, 9.17) is 0 Å². The zero-order valence-electron chi connectivity index (χ0n) is 13.1. The molecule has 3 atom stereocenters. The van der Waals surface area contributed by atoms with Gasteiger partial charge in [0, 0.05) is 38.6 Å². The van der Waals surface area contributed by atoms with Gasteiger partial charge in [0.25, 0.3) is 5.69 Å². The predicted molar refractivity (Wildman–Crippen MR) is 90.7 cm³/mol. The molecule has 120 valence electrons. The van der Waals surface area contributed by atoms with Crippen LogP contribution >= 0.6 is 0 Å². The summed E-state index contributed by atoms with van der Waals surface area (Å²) in [6.45, 7) is 0. The Bertz CT molecular complexity index is 759. The lowest BCUT2D eigenvalue weighted by atomic mass is 10.1. The summed E-state index contributed by atoms with van der Waals surface area (Å²) in [5.41, 5.74) is 1.11. The maximum absolute atomic E-state index is 13.6. The summed E-state index contributed by atoms with van der Waals surface area (Å²) in [5, 5.41) is 10.8. The van der Waals surface area contributed by atoms with Gasteiger partial charge in [-0.25, -0.2) is 0 Å². The molecule has 0 spiro atoms. The lowest BCUT2D eigenvalue weighted by Crippen LogP contribution is -2.34. The fourth-order valence-corrected chi connectivity index (χ4v) is 5.92. The minimum Gasteiger partial charge on any atom is -0.258 e. The van der Waals surface area contributed by atoms with Gasteiger partial charge >= 0.3 is 0 Å². The van der Waals surface area contributed by atoms with Gasteiger partial charge in [-0.05, 0) is 17.7 Å². The Labute approximate surface area is 136 Å². The van der Waals surface area contributed by atoms with E-state index in [1.54, 1.807) is 12.1 Å². The lowest BCUT2D eigenvalue weighted by molar-refractivity contribution is -0.384. The van der Waals surface area contributed by atoms with Crippen LogP contribution in [0, 0.1) is 10.1 Å². The SMILES string of the molecule is CN(C)[S+](=O)(c1ccccc1)[C@H]1C[C@@H]1c1ccc([N+](=O)[O-])cc1. The van der Waals surface area contributed by atoms with Crippen LogP contribution in [0.2, 0.25) is 0 Å². The average molecular weight is 331 g/mol. The summed E-state index contributed by atoms with van der Waals surface area (Å²) in [5.74, 6) is 0.186. The van der Waals surface area contributed by atoms with Gasteiger partial charge in [0.05, 0.1) is 4.92 Å². The molecule has 0 N–H and O–H groups in total. The molecule has 23 heavy (non-hydrogen) atoms. The Morgan fingerprint density at radius 3 is 2.22 bits per heavy atom. The highest BCUT2D eigenvalue weighted by Crippen LogP contribution is 2.52. The molecule has 0 bridgehead atoms. The summed E-state index contributed by atoms with van der Waals surface area (Å²) < 4.78 is 15.4. The van der Waals surface area contributed by atoms with Crippen molar-refractivity contribution >= 4 is 15.8 Å². The molecule has 0 aromatic heterocycles. The van der Waals surface area contributed by atoms with Gasteiger partial charge in [0.2, 0.25) is 0 Å². The molecule has 0 amide bonds. The van der Waals surface area contributed by atoms with Gasteiger partial charge in [-0.3, -0.25) is 10.1 Å². The highest BCUT2D eigenvalue weighted by atomic mass is 32.3. The fourth-order valence-electron chi connectivity index (χ4n) is 2.99. The van der Waals surface area contributed by atoms with Gasteiger partial charge in [-0.1, -0.05) is 34.5 Å². The first-order chi connectivity index (χ1) is 10.9. The van der Waals surface area contributed by atoms with E-state index >= 15 is 0 Å². The molecule has 1 fully saturated rings. The Morgan fingerprint density at radius 2 is 1.70 bits per heavy atom. The van der Waals surface area contributed by atoms with Crippen LogP contribution in [0.25, 0.3) is 0 Å². The van der Waals surface area contributed by atoms with Crippen molar-refractivity contribution < 1.29 is 9.13 Å². The van der Waals surface area contributed by atoms with E-state index in [1.165, 1.54) is 12.1 Å². The molecule has 1 aliphatic carbocycles. The number of rotatable bonds is 5. The van der Waals surface area contributed by atoms with Crippen molar-refractivity contribution in [2.45, 2.75) is 22.5 Å². The number of nitro benzene ring substituents is 1. The molecule has 3 rings (SSSR count). The van der Waals surface area contributed by atoms with Crippen molar-refractivity contribution in [3.05, 3.63) is 70.3 Å². The van der Waals surface area contributed by atoms with Gasteiger partial charge in [-0.15, -0.1) is 4.31 Å². The first-order valence-corrected chi connectivity index (χ1v) is 9.02. The van der Waals surface area contributed by atoms with Gasteiger partial charge < -0.3 is 0 Å². The Balaban J connectivity index is 1.88. The van der Waals surface area contributed by atoms with E-state index in [0.29, 0.717) is 0 Å².